The lowest BCUT2D eigenvalue weighted by Gasteiger charge is -2.21. The highest BCUT2D eigenvalue weighted by molar-refractivity contribution is 7.10. The number of carbonyl (C=O) groups is 1. The van der Waals surface area contributed by atoms with E-state index in [1.54, 1.807) is 0 Å². The van der Waals surface area contributed by atoms with E-state index in [2.05, 4.69) is 5.32 Å². The van der Waals surface area contributed by atoms with E-state index >= 15 is 0 Å². The summed E-state index contributed by atoms with van der Waals surface area (Å²) >= 11 is 1.53. The van der Waals surface area contributed by atoms with Gasteiger partial charge in [0.1, 0.15) is 17.1 Å². The first-order chi connectivity index (χ1) is 9.50. The largest absolute Gasteiger partial charge is 0.507 e. The predicted octanol–water partition coefficient (Wildman–Crippen LogP) is 3.72. The lowest BCUT2D eigenvalue weighted by molar-refractivity contribution is 0.0919. The highest BCUT2D eigenvalue weighted by Gasteiger charge is 2.23. The number of rotatable bonds is 4. The molecule has 106 valence electrons. The summed E-state index contributed by atoms with van der Waals surface area (Å²) in [6.45, 7) is 3.96. The molecule has 1 aromatic heterocycles. The summed E-state index contributed by atoms with van der Waals surface area (Å²) in [5, 5.41) is 14.4. The van der Waals surface area contributed by atoms with Crippen LogP contribution >= 0.6 is 11.3 Å². The zero-order chi connectivity index (χ0) is 14.7. The van der Waals surface area contributed by atoms with Gasteiger partial charge in [0.15, 0.2) is 0 Å². The molecule has 3 nitrogen and oxygen atoms in total. The van der Waals surface area contributed by atoms with Gasteiger partial charge in [0.25, 0.3) is 5.91 Å². The van der Waals surface area contributed by atoms with Gasteiger partial charge in [0.05, 0.1) is 6.04 Å². The van der Waals surface area contributed by atoms with Crippen LogP contribution in [0.1, 0.15) is 35.1 Å². The molecule has 0 fully saturated rings. The second-order valence-corrected chi connectivity index (χ2v) is 5.82. The second kappa shape index (κ2) is 6.05. The first-order valence-corrected chi connectivity index (χ1v) is 7.20. The van der Waals surface area contributed by atoms with Crippen LogP contribution in [0.5, 0.6) is 5.75 Å². The monoisotopic (exact) mass is 293 g/mol. The molecule has 1 amide bonds. The molecule has 2 N–H and O–H groups in total. The SMILES string of the molecule is CC(C)C(NC(=O)c1c(O)cccc1F)c1cccs1. The smallest absolute Gasteiger partial charge is 0.258 e. The van der Waals surface area contributed by atoms with Crippen molar-refractivity contribution in [2.45, 2.75) is 19.9 Å². The average Bonchev–Trinajstić information content (AvgIpc) is 2.88. The molecule has 1 unspecified atom stereocenters. The minimum Gasteiger partial charge on any atom is -0.507 e. The van der Waals surface area contributed by atoms with Crippen molar-refractivity contribution in [3.05, 3.63) is 52.0 Å². The average molecular weight is 293 g/mol. The number of nitrogens with one attached hydrogen (secondary N) is 1. The summed E-state index contributed by atoms with van der Waals surface area (Å²) in [7, 11) is 0. The number of thiophene rings is 1. The van der Waals surface area contributed by atoms with Crippen molar-refractivity contribution in [3.8, 4) is 5.75 Å². The van der Waals surface area contributed by atoms with E-state index in [9.17, 15) is 14.3 Å². The third kappa shape index (κ3) is 2.99. The normalized spacial score (nSPS) is 12.4. The van der Waals surface area contributed by atoms with Gasteiger partial charge in [-0.25, -0.2) is 4.39 Å². The van der Waals surface area contributed by atoms with Gasteiger partial charge in [-0.1, -0.05) is 26.0 Å². The maximum absolute atomic E-state index is 13.7. The van der Waals surface area contributed by atoms with Gasteiger partial charge in [-0.05, 0) is 29.5 Å². The third-order valence-corrected chi connectivity index (χ3v) is 3.98. The minimum absolute atomic E-state index is 0.159. The van der Waals surface area contributed by atoms with Crippen molar-refractivity contribution < 1.29 is 14.3 Å². The number of hydrogen-bond acceptors (Lipinski definition) is 3. The Morgan fingerprint density at radius 3 is 2.60 bits per heavy atom. The molecule has 0 aliphatic carbocycles. The highest BCUT2D eigenvalue weighted by Crippen LogP contribution is 2.27. The molecule has 1 aromatic carbocycles. The Balaban J connectivity index is 2.26. The summed E-state index contributed by atoms with van der Waals surface area (Å²) in [5.74, 6) is -1.52. The van der Waals surface area contributed by atoms with Crippen molar-refractivity contribution in [3.63, 3.8) is 0 Å². The molecule has 0 aliphatic heterocycles. The summed E-state index contributed by atoms with van der Waals surface area (Å²) in [6, 6.07) is 7.44. The number of phenols is 1. The first-order valence-electron chi connectivity index (χ1n) is 6.32. The van der Waals surface area contributed by atoms with Crippen LogP contribution in [-0.4, -0.2) is 11.0 Å². The number of halogens is 1. The van der Waals surface area contributed by atoms with Gasteiger partial charge in [0.2, 0.25) is 0 Å². The van der Waals surface area contributed by atoms with Crippen molar-refractivity contribution in [2.24, 2.45) is 5.92 Å². The molecular formula is C15H16FNO2S. The fourth-order valence-corrected chi connectivity index (χ4v) is 2.93. The molecule has 0 bridgehead atoms. The maximum Gasteiger partial charge on any atom is 0.258 e. The Labute approximate surface area is 121 Å². The van der Waals surface area contributed by atoms with Crippen molar-refractivity contribution >= 4 is 17.2 Å². The van der Waals surface area contributed by atoms with E-state index in [-0.39, 0.29) is 23.3 Å². The minimum atomic E-state index is -0.726. The van der Waals surface area contributed by atoms with Gasteiger partial charge in [-0.2, -0.15) is 0 Å². The topological polar surface area (TPSA) is 49.3 Å². The zero-order valence-electron chi connectivity index (χ0n) is 11.3. The van der Waals surface area contributed by atoms with Crippen molar-refractivity contribution in [1.82, 2.24) is 5.32 Å². The molecule has 2 aromatic rings. The van der Waals surface area contributed by atoms with Crippen LogP contribution in [-0.2, 0) is 0 Å². The van der Waals surface area contributed by atoms with Crippen LogP contribution < -0.4 is 5.32 Å². The van der Waals surface area contributed by atoms with E-state index in [0.717, 1.165) is 10.9 Å². The number of phenolic OH excluding ortho intramolecular Hbond substituents is 1. The van der Waals surface area contributed by atoms with E-state index in [0.29, 0.717) is 0 Å². The molecule has 0 spiro atoms. The Morgan fingerprint density at radius 1 is 1.30 bits per heavy atom. The number of aromatic hydroxyl groups is 1. The van der Waals surface area contributed by atoms with Gasteiger partial charge in [-0.15, -0.1) is 11.3 Å². The van der Waals surface area contributed by atoms with Gasteiger partial charge >= 0.3 is 0 Å². The lowest BCUT2D eigenvalue weighted by Crippen LogP contribution is -2.31. The second-order valence-electron chi connectivity index (χ2n) is 4.84. The van der Waals surface area contributed by atoms with E-state index < -0.39 is 11.7 Å². The maximum atomic E-state index is 13.7. The fourth-order valence-electron chi connectivity index (χ4n) is 1.99. The van der Waals surface area contributed by atoms with Crippen LogP contribution in [0.4, 0.5) is 4.39 Å². The van der Waals surface area contributed by atoms with Crippen LogP contribution in [0.15, 0.2) is 35.7 Å². The van der Waals surface area contributed by atoms with Gasteiger partial charge in [0, 0.05) is 4.88 Å². The van der Waals surface area contributed by atoms with E-state index in [1.165, 1.54) is 23.5 Å². The lowest BCUT2D eigenvalue weighted by atomic mass is 10.0. The number of amides is 1. The molecule has 20 heavy (non-hydrogen) atoms. The number of carbonyl (C=O) groups excluding carboxylic acids is 1. The number of benzene rings is 1. The molecule has 0 aliphatic rings. The predicted molar refractivity (Wildman–Crippen MR) is 77.4 cm³/mol. The van der Waals surface area contributed by atoms with E-state index in [1.807, 2.05) is 31.4 Å². The molecule has 2 rings (SSSR count). The molecular weight excluding hydrogens is 277 g/mol. The van der Waals surface area contributed by atoms with Gasteiger partial charge in [-0.3, -0.25) is 4.79 Å². The number of hydrogen-bond donors (Lipinski definition) is 2. The Bertz CT molecular complexity index is 576. The van der Waals surface area contributed by atoms with Gasteiger partial charge < -0.3 is 10.4 Å². The summed E-state index contributed by atoms with van der Waals surface area (Å²) in [4.78, 5) is 13.2. The third-order valence-electron chi connectivity index (χ3n) is 3.02. The van der Waals surface area contributed by atoms with Crippen LogP contribution in [0, 0.1) is 11.7 Å². The molecule has 5 heteroatoms. The Hall–Kier alpha value is -1.88. The quantitative estimate of drug-likeness (QED) is 0.902. The summed E-state index contributed by atoms with van der Waals surface area (Å²) < 4.78 is 13.7. The summed E-state index contributed by atoms with van der Waals surface area (Å²) in [6.07, 6.45) is 0. The molecule has 0 saturated heterocycles. The first kappa shape index (κ1) is 14.5. The fraction of sp³-hybridized carbons (Fsp3) is 0.267. The molecule has 0 radical (unpaired) electrons. The van der Waals surface area contributed by atoms with E-state index in [4.69, 9.17) is 0 Å². The van der Waals surface area contributed by atoms with Crippen LogP contribution in [0.2, 0.25) is 0 Å². The highest BCUT2D eigenvalue weighted by atomic mass is 32.1. The standard InChI is InChI=1S/C15H16FNO2S/c1-9(2)14(12-7-4-8-20-12)17-15(19)13-10(16)5-3-6-11(13)18/h3-9,14,18H,1-2H3,(H,17,19). The Morgan fingerprint density at radius 2 is 2.05 bits per heavy atom. The zero-order valence-corrected chi connectivity index (χ0v) is 12.1. The van der Waals surface area contributed by atoms with Crippen LogP contribution in [0.3, 0.4) is 0 Å². The molecule has 1 heterocycles. The Kier molecular flexibility index (Phi) is 4.39. The summed E-state index contributed by atoms with van der Waals surface area (Å²) in [5.41, 5.74) is -0.310. The molecule has 1 atom stereocenters. The molecule has 0 saturated carbocycles. The van der Waals surface area contributed by atoms with Crippen molar-refractivity contribution in [1.29, 1.82) is 0 Å². The van der Waals surface area contributed by atoms with Crippen molar-refractivity contribution in [2.75, 3.05) is 0 Å². The van der Waals surface area contributed by atoms with Crippen LogP contribution in [0.25, 0.3) is 0 Å².